The Morgan fingerprint density at radius 3 is 3.04 bits per heavy atom. The van der Waals surface area contributed by atoms with Crippen LogP contribution in [0.2, 0.25) is 0 Å². The van der Waals surface area contributed by atoms with Crippen molar-refractivity contribution in [1.82, 2.24) is 19.9 Å². The van der Waals surface area contributed by atoms with Crippen LogP contribution in [0.15, 0.2) is 53.9 Å². The number of ether oxygens (including phenoxy) is 1. The van der Waals surface area contributed by atoms with E-state index in [0.29, 0.717) is 17.2 Å². The lowest BCUT2D eigenvalue weighted by atomic mass is 10.2. The van der Waals surface area contributed by atoms with Crippen molar-refractivity contribution in [3.8, 4) is 17.1 Å². The zero-order chi connectivity index (χ0) is 16.1. The first-order valence-corrected chi connectivity index (χ1v) is 7.54. The lowest BCUT2D eigenvalue weighted by molar-refractivity contribution is 0.340. The predicted molar refractivity (Wildman–Crippen MR) is 91.2 cm³/mol. The first kappa shape index (κ1) is 15.1. The highest BCUT2D eigenvalue weighted by Gasteiger charge is 2.09. The Morgan fingerprint density at radius 1 is 1.35 bits per heavy atom. The van der Waals surface area contributed by atoms with Gasteiger partial charge in [0.25, 0.3) is 0 Å². The Bertz CT molecular complexity index is 869. The van der Waals surface area contributed by atoms with Gasteiger partial charge in [-0.05, 0) is 37.3 Å². The maximum absolute atomic E-state index is 5.52. The molecule has 0 saturated heterocycles. The molecule has 0 atom stereocenters. The minimum atomic E-state index is 0.418. The molecule has 1 N–H and O–H groups in total. The average Bonchev–Trinajstić information content (AvgIpc) is 2.95. The normalized spacial score (nSPS) is 11.0. The van der Waals surface area contributed by atoms with E-state index >= 15 is 0 Å². The van der Waals surface area contributed by atoms with Gasteiger partial charge in [0.1, 0.15) is 5.75 Å². The van der Waals surface area contributed by atoms with Crippen molar-refractivity contribution in [3.05, 3.63) is 59.1 Å². The molecule has 0 aliphatic heterocycles. The quantitative estimate of drug-likeness (QED) is 0.577. The van der Waals surface area contributed by atoms with E-state index in [-0.39, 0.29) is 0 Å². The molecule has 3 aromatic rings. The van der Waals surface area contributed by atoms with Crippen LogP contribution in [0.3, 0.4) is 0 Å². The summed E-state index contributed by atoms with van der Waals surface area (Å²) < 4.78 is 7.52. The van der Waals surface area contributed by atoms with Gasteiger partial charge < -0.3 is 4.74 Å². The van der Waals surface area contributed by atoms with Gasteiger partial charge in [-0.15, -0.1) is 0 Å². The highest BCUT2D eigenvalue weighted by molar-refractivity contribution is 7.71. The standard InChI is InChI=1S/C16H15N5OS/c1-2-22-14-7-3-6-13(9-14)15-19-20-16(23)21(15)18-11-12-5-4-8-17-10-12/h3-11H,2H2,1H3,(H,20,23)/b18-11+. The molecule has 3 rings (SSSR count). The third kappa shape index (κ3) is 3.51. The van der Waals surface area contributed by atoms with Crippen LogP contribution in [0.5, 0.6) is 5.75 Å². The van der Waals surface area contributed by atoms with Gasteiger partial charge in [-0.25, -0.2) is 5.10 Å². The molecule has 2 heterocycles. The molecule has 1 aromatic carbocycles. The molecule has 0 bridgehead atoms. The van der Waals surface area contributed by atoms with E-state index < -0.39 is 0 Å². The molecule has 0 amide bonds. The molecule has 0 radical (unpaired) electrons. The Balaban J connectivity index is 1.97. The maximum atomic E-state index is 5.52. The smallest absolute Gasteiger partial charge is 0.216 e. The third-order valence-corrected chi connectivity index (χ3v) is 3.32. The maximum Gasteiger partial charge on any atom is 0.216 e. The van der Waals surface area contributed by atoms with E-state index in [0.717, 1.165) is 16.9 Å². The van der Waals surface area contributed by atoms with Crippen LogP contribution < -0.4 is 4.74 Å². The monoisotopic (exact) mass is 325 g/mol. The van der Waals surface area contributed by atoms with E-state index in [4.69, 9.17) is 17.0 Å². The van der Waals surface area contributed by atoms with Crippen LogP contribution in [0.4, 0.5) is 0 Å². The summed E-state index contributed by atoms with van der Waals surface area (Å²) in [6.07, 6.45) is 5.13. The summed E-state index contributed by atoms with van der Waals surface area (Å²) in [5.41, 5.74) is 1.75. The second-order valence-electron chi connectivity index (χ2n) is 4.66. The van der Waals surface area contributed by atoms with Crippen LogP contribution in [-0.4, -0.2) is 32.7 Å². The van der Waals surface area contributed by atoms with Crippen LogP contribution in [-0.2, 0) is 0 Å². The van der Waals surface area contributed by atoms with Gasteiger partial charge in [-0.1, -0.05) is 18.2 Å². The zero-order valence-electron chi connectivity index (χ0n) is 12.5. The summed E-state index contributed by atoms with van der Waals surface area (Å²) in [6, 6.07) is 11.4. The topological polar surface area (TPSA) is 68.1 Å². The Labute approximate surface area is 138 Å². The summed E-state index contributed by atoms with van der Waals surface area (Å²) in [5, 5.41) is 11.4. The fourth-order valence-corrected chi connectivity index (χ4v) is 2.23. The zero-order valence-corrected chi connectivity index (χ0v) is 13.3. The van der Waals surface area contributed by atoms with E-state index in [1.165, 1.54) is 0 Å². The Morgan fingerprint density at radius 2 is 2.26 bits per heavy atom. The SMILES string of the molecule is CCOc1cccc(-c2n[nH]c(=S)n2/N=C/c2cccnc2)c1. The number of H-pyrrole nitrogens is 1. The third-order valence-electron chi connectivity index (χ3n) is 3.06. The molecule has 6 nitrogen and oxygen atoms in total. The molecule has 0 saturated carbocycles. The average molecular weight is 325 g/mol. The van der Waals surface area contributed by atoms with Gasteiger partial charge in [0.05, 0.1) is 12.8 Å². The summed E-state index contributed by atoms with van der Waals surface area (Å²) >= 11 is 5.26. The molecule has 0 aliphatic rings. The second-order valence-corrected chi connectivity index (χ2v) is 5.04. The Kier molecular flexibility index (Phi) is 4.58. The van der Waals surface area contributed by atoms with Crippen molar-refractivity contribution in [3.63, 3.8) is 0 Å². The van der Waals surface area contributed by atoms with Crippen molar-refractivity contribution in [1.29, 1.82) is 0 Å². The summed E-state index contributed by atoms with van der Waals surface area (Å²) in [5.74, 6) is 1.40. The lowest BCUT2D eigenvalue weighted by Crippen LogP contribution is -1.96. The number of aromatic nitrogens is 4. The van der Waals surface area contributed by atoms with Crippen LogP contribution >= 0.6 is 12.2 Å². The largest absolute Gasteiger partial charge is 0.494 e. The number of hydrogen-bond donors (Lipinski definition) is 1. The molecule has 0 fully saturated rings. The van der Waals surface area contributed by atoms with E-state index in [9.17, 15) is 0 Å². The molecular weight excluding hydrogens is 310 g/mol. The number of benzene rings is 1. The lowest BCUT2D eigenvalue weighted by Gasteiger charge is -2.05. The molecule has 0 spiro atoms. The van der Waals surface area contributed by atoms with E-state index in [1.807, 2.05) is 43.3 Å². The van der Waals surface area contributed by atoms with Crippen molar-refractivity contribution >= 4 is 18.4 Å². The molecule has 7 heteroatoms. The van der Waals surface area contributed by atoms with Crippen LogP contribution in [0, 0.1) is 4.77 Å². The Hall–Kier alpha value is -2.80. The molecule has 2 aromatic heterocycles. The van der Waals surface area contributed by atoms with Crippen molar-refractivity contribution in [2.24, 2.45) is 5.10 Å². The van der Waals surface area contributed by atoms with Crippen molar-refractivity contribution in [2.75, 3.05) is 6.61 Å². The summed E-state index contributed by atoms with van der Waals surface area (Å²) in [6.45, 7) is 2.55. The van der Waals surface area contributed by atoms with E-state index in [2.05, 4.69) is 20.3 Å². The van der Waals surface area contributed by atoms with Crippen LogP contribution in [0.25, 0.3) is 11.4 Å². The fourth-order valence-electron chi connectivity index (χ4n) is 2.05. The summed E-state index contributed by atoms with van der Waals surface area (Å²) in [7, 11) is 0. The molecule has 23 heavy (non-hydrogen) atoms. The van der Waals surface area contributed by atoms with Gasteiger partial charge in [0.15, 0.2) is 5.82 Å². The van der Waals surface area contributed by atoms with Gasteiger partial charge in [0.2, 0.25) is 4.77 Å². The fraction of sp³-hybridized carbons (Fsp3) is 0.125. The van der Waals surface area contributed by atoms with Crippen molar-refractivity contribution in [2.45, 2.75) is 6.92 Å². The number of rotatable bonds is 5. The first-order valence-electron chi connectivity index (χ1n) is 7.13. The number of nitrogens with one attached hydrogen (secondary N) is 1. The van der Waals surface area contributed by atoms with Gasteiger partial charge in [0, 0.05) is 23.5 Å². The van der Waals surface area contributed by atoms with Crippen molar-refractivity contribution < 1.29 is 4.74 Å². The first-order chi connectivity index (χ1) is 11.3. The number of hydrogen-bond acceptors (Lipinski definition) is 5. The second kappa shape index (κ2) is 6.97. The predicted octanol–water partition coefficient (Wildman–Crippen LogP) is 3.28. The number of pyridine rings is 1. The van der Waals surface area contributed by atoms with Gasteiger partial charge in [-0.2, -0.15) is 14.9 Å². The molecule has 116 valence electrons. The highest BCUT2D eigenvalue weighted by atomic mass is 32.1. The number of aromatic amines is 1. The minimum absolute atomic E-state index is 0.418. The van der Waals surface area contributed by atoms with E-state index in [1.54, 1.807) is 23.3 Å². The summed E-state index contributed by atoms with van der Waals surface area (Å²) in [4.78, 5) is 4.05. The molecule has 0 aliphatic carbocycles. The molecule has 0 unspecified atom stereocenters. The van der Waals surface area contributed by atoms with Gasteiger partial charge >= 0.3 is 0 Å². The van der Waals surface area contributed by atoms with Gasteiger partial charge in [-0.3, -0.25) is 4.98 Å². The van der Waals surface area contributed by atoms with Crippen LogP contribution in [0.1, 0.15) is 12.5 Å². The molecular formula is C16H15N5OS. The number of nitrogens with zero attached hydrogens (tertiary/aromatic N) is 4. The highest BCUT2D eigenvalue weighted by Crippen LogP contribution is 2.22. The minimum Gasteiger partial charge on any atom is -0.494 e.